The van der Waals surface area contributed by atoms with Crippen LogP contribution in [0.15, 0.2) is 39.2 Å². The van der Waals surface area contributed by atoms with Gasteiger partial charge in [0, 0.05) is 10.0 Å². The summed E-state index contributed by atoms with van der Waals surface area (Å²) in [7, 11) is 2.75. The number of methoxy groups -OCH3 is 2. The molecule has 1 aromatic carbocycles. The molecule has 0 bridgehead atoms. The van der Waals surface area contributed by atoms with Gasteiger partial charge in [-0.1, -0.05) is 15.9 Å². The van der Waals surface area contributed by atoms with Crippen LogP contribution in [0.3, 0.4) is 0 Å². The van der Waals surface area contributed by atoms with Crippen LogP contribution in [0, 0.1) is 0 Å². The number of carbonyl (C=O) groups excluding carboxylic acids is 2. The van der Waals surface area contributed by atoms with Gasteiger partial charge in [-0.2, -0.15) is 0 Å². The average molecular weight is 339 g/mol. The van der Waals surface area contributed by atoms with E-state index in [0.29, 0.717) is 15.8 Å². The van der Waals surface area contributed by atoms with Crippen molar-refractivity contribution in [1.82, 2.24) is 0 Å². The van der Waals surface area contributed by atoms with Crippen LogP contribution in [0.5, 0.6) is 5.75 Å². The van der Waals surface area contributed by atoms with Gasteiger partial charge in [0.15, 0.2) is 5.76 Å². The first-order chi connectivity index (χ1) is 9.56. The first-order valence-electron chi connectivity index (χ1n) is 5.63. The third-order valence-corrected chi connectivity index (χ3v) is 3.33. The lowest BCUT2D eigenvalue weighted by Gasteiger charge is -2.05. The molecule has 0 aliphatic carbocycles. The molecule has 20 heavy (non-hydrogen) atoms. The van der Waals surface area contributed by atoms with Crippen molar-refractivity contribution in [3.8, 4) is 5.75 Å². The Morgan fingerprint density at radius 1 is 1.10 bits per heavy atom. The Bertz CT molecular complexity index is 659. The number of hydrogen-bond acceptors (Lipinski definition) is 5. The monoisotopic (exact) mass is 338 g/mol. The molecule has 0 spiro atoms. The number of carbonyl (C=O) groups is 2. The number of ether oxygens (including phenoxy) is 2. The minimum atomic E-state index is -0.631. The zero-order valence-electron chi connectivity index (χ0n) is 10.8. The molecule has 0 aliphatic heterocycles. The first-order valence-corrected chi connectivity index (χ1v) is 6.42. The molecular formula is C14H11BrO5. The van der Waals surface area contributed by atoms with Crippen LogP contribution in [0.4, 0.5) is 0 Å². The van der Waals surface area contributed by atoms with E-state index >= 15 is 0 Å². The molecule has 104 valence electrons. The molecule has 0 amide bonds. The highest BCUT2D eigenvalue weighted by atomic mass is 79.9. The number of esters is 1. The molecule has 0 radical (unpaired) electrons. The second-order valence-corrected chi connectivity index (χ2v) is 4.68. The van der Waals surface area contributed by atoms with Crippen molar-refractivity contribution in [2.45, 2.75) is 0 Å². The van der Waals surface area contributed by atoms with Crippen molar-refractivity contribution in [3.63, 3.8) is 0 Å². The van der Waals surface area contributed by atoms with Gasteiger partial charge in [0.05, 0.1) is 14.2 Å². The number of ketones is 1. The molecule has 0 saturated carbocycles. The van der Waals surface area contributed by atoms with Gasteiger partial charge in [-0.05, 0) is 30.3 Å². The van der Waals surface area contributed by atoms with Crippen LogP contribution in [0.2, 0.25) is 0 Å². The SMILES string of the molecule is COC(=O)c1ccc(C(=O)c2cc(OC)ccc2Br)o1. The lowest BCUT2D eigenvalue weighted by Crippen LogP contribution is -2.02. The molecule has 0 saturated heterocycles. The Morgan fingerprint density at radius 2 is 1.80 bits per heavy atom. The summed E-state index contributed by atoms with van der Waals surface area (Å²) < 4.78 is 15.4. The molecule has 0 fully saturated rings. The summed E-state index contributed by atoms with van der Waals surface area (Å²) in [6.45, 7) is 0. The lowest BCUT2D eigenvalue weighted by molar-refractivity contribution is 0.0563. The normalized spacial score (nSPS) is 10.2. The molecule has 0 N–H and O–H groups in total. The van der Waals surface area contributed by atoms with Gasteiger partial charge in [0.25, 0.3) is 0 Å². The molecule has 2 aromatic rings. The van der Waals surface area contributed by atoms with Crippen LogP contribution in [0.1, 0.15) is 26.7 Å². The Morgan fingerprint density at radius 3 is 2.45 bits per heavy atom. The molecule has 5 nitrogen and oxygen atoms in total. The van der Waals surface area contributed by atoms with Crippen molar-refractivity contribution in [2.75, 3.05) is 14.2 Å². The molecule has 1 heterocycles. The van der Waals surface area contributed by atoms with E-state index < -0.39 is 5.97 Å². The maximum absolute atomic E-state index is 12.3. The second kappa shape index (κ2) is 5.92. The van der Waals surface area contributed by atoms with E-state index in [1.165, 1.54) is 26.4 Å². The van der Waals surface area contributed by atoms with Gasteiger partial charge in [-0.15, -0.1) is 0 Å². The van der Waals surface area contributed by atoms with E-state index in [2.05, 4.69) is 20.7 Å². The predicted molar refractivity (Wildman–Crippen MR) is 74.2 cm³/mol. The number of hydrogen-bond donors (Lipinski definition) is 0. The van der Waals surface area contributed by atoms with E-state index in [9.17, 15) is 9.59 Å². The fraction of sp³-hybridized carbons (Fsp3) is 0.143. The Hall–Kier alpha value is -2.08. The highest BCUT2D eigenvalue weighted by molar-refractivity contribution is 9.10. The lowest BCUT2D eigenvalue weighted by atomic mass is 10.1. The van der Waals surface area contributed by atoms with Crippen LogP contribution in [-0.4, -0.2) is 26.0 Å². The molecule has 0 atom stereocenters. The summed E-state index contributed by atoms with van der Waals surface area (Å²) >= 11 is 3.30. The fourth-order valence-corrected chi connectivity index (χ4v) is 2.03. The topological polar surface area (TPSA) is 65.7 Å². The maximum Gasteiger partial charge on any atom is 0.373 e. The maximum atomic E-state index is 12.3. The first kappa shape index (κ1) is 14.3. The van der Waals surface area contributed by atoms with Crippen molar-refractivity contribution in [1.29, 1.82) is 0 Å². The predicted octanol–water partition coefficient (Wildman–Crippen LogP) is 3.07. The summed E-state index contributed by atoms with van der Waals surface area (Å²) in [5.74, 6) is -0.398. The van der Waals surface area contributed by atoms with Crippen LogP contribution < -0.4 is 4.74 Å². The number of rotatable bonds is 4. The molecule has 0 unspecified atom stereocenters. The van der Waals surface area contributed by atoms with E-state index in [4.69, 9.17) is 9.15 Å². The summed E-state index contributed by atoms with van der Waals surface area (Å²) in [4.78, 5) is 23.6. The van der Waals surface area contributed by atoms with E-state index in [0.717, 1.165) is 0 Å². The van der Waals surface area contributed by atoms with Gasteiger partial charge in [0.1, 0.15) is 5.75 Å². The van der Waals surface area contributed by atoms with E-state index in [1.54, 1.807) is 18.2 Å². The zero-order chi connectivity index (χ0) is 14.7. The van der Waals surface area contributed by atoms with E-state index in [-0.39, 0.29) is 17.3 Å². The minimum absolute atomic E-state index is 0.0186. The average Bonchev–Trinajstić information content (AvgIpc) is 2.96. The summed E-state index contributed by atoms with van der Waals surface area (Å²) in [5, 5.41) is 0. The molecule has 1 aromatic heterocycles. The van der Waals surface area contributed by atoms with Crippen molar-refractivity contribution in [2.24, 2.45) is 0 Å². The third-order valence-electron chi connectivity index (χ3n) is 2.63. The largest absolute Gasteiger partial charge is 0.497 e. The standard InChI is InChI=1S/C14H11BrO5/c1-18-8-3-4-10(15)9(7-8)13(16)11-5-6-12(20-11)14(17)19-2/h3-7H,1-2H3. The highest BCUT2D eigenvalue weighted by Gasteiger charge is 2.19. The van der Waals surface area contributed by atoms with Crippen molar-refractivity contribution >= 4 is 27.7 Å². The molecular weight excluding hydrogens is 328 g/mol. The second-order valence-electron chi connectivity index (χ2n) is 3.83. The van der Waals surface area contributed by atoms with Crippen LogP contribution in [-0.2, 0) is 4.74 Å². The minimum Gasteiger partial charge on any atom is -0.497 e. The van der Waals surface area contributed by atoms with Gasteiger partial charge < -0.3 is 13.9 Å². The molecule has 6 heteroatoms. The van der Waals surface area contributed by atoms with E-state index in [1.807, 2.05) is 0 Å². The summed E-state index contributed by atoms with van der Waals surface area (Å²) in [6, 6.07) is 7.85. The quantitative estimate of drug-likeness (QED) is 0.633. The van der Waals surface area contributed by atoms with Gasteiger partial charge in [-0.25, -0.2) is 4.79 Å². The van der Waals surface area contributed by atoms with Gasteiger partial charge in [-0.3, -0.25) is 4.79 Å². The Balaban J connectivity index is 2.36. The zero-order valence-corrected chi connectivity index (χ0v) is 12.4. The fourth-order valence-electron chi connectivity index (χ4n) is 1.61. The number of benzene rings is 1. The third kappa shape index (κ3) is 2.75. The smallest absolute Gasteiger partial charge is 0.373 e. The summed E-state index contributed by atoms with van der Waals surface area (Å²) in [6.07, 6.45) is 0. The number of halogens is 1. The van der Waals surface area contributed by atoms with Crippen LogP contribution in [0.25, 0.3) is 0 Å². The van der Waals surface area contributed by atoms with Crippen LogP contribution >= 0.6 is 15.9 Å². The summed E-state index contributed by atoms with van der Waals surface area (Å²) in [5.41, 5.74) is 0.384. The molecule has 2 rings (SSSR count). The van der Waals surface area contributed by atoms with Crippen molar-refractivity contribution in [3.05, 3.63) is 51.9 Å². The van der Waals surface area contributed by atoms with Crippen molar-refractivity contribution < 1.29 is 23.5 Å². The Kier molecular flexibility index (Phi) is 4.24. The highest BCUT2D eigenvalue weighted by Crippen LogP contribution is 2.25. The molecule has 0 aliphatic rings. The Labute approximate surface area is 123 Å². The number of furan rings is 1. The van der Waals surface area contributed by atoms with Gasteiger partial charge >= 0.3 is 5.97 Å². The van der Waals surface area contributed by atoms with Gasteiger partial charge in [0.2, 0.25) is 11.5 Å².